The molecule has 4 saturated heterocycles. The van der Waals surface area contributed by atoms with Crippen LogP contribution in [0.2, 0.25) is 0 Å². The van der Waals surface area contributed by atoms with Crippen molar-refractivity contribution in [1.82, 2.24) is 0 Å². The molecular weight excluding hydrogens is 517 g/mol. The average molecular weight is 542 g/mol. The summed E-state index contributed by atoms with van der Waals surface area (Å²) in [4.78, 5) is 27.7. The van der Waals surface area contributed by atoms with Gasteiger partial charge in [0.05, 0.1) is 53.0 Å². The van der Waals surface area contributed by atoms with Crippen LogP contribution in [-0.4, -0.2) is 86.9 Å². The first-order valence-corrected chi connectivity index (χ1v) is 11.8. The van der Waals surface area contributed by atoms with Crippen molar-refractivity contribution in [3.05, 3.63) is 29.3 Å². The lowest BCUT2D eigenvalue weighted by Crippen LogP contribution is -2.61. The molecule has 4 fully saturated rings. The predicted molar refractivity (Wildman–Crippen MR) is 117 cm³/mol. The lowest BCUT2D eigenvalue weighted by molar-refractivity contribution is -0.319. The van der Waals surface area contributed by atoms with Crippen LogP contribution >= 0.6 is 0 Å². The monoisotopic (exact) mass is 542 g/mol. The molecule has 2 amide bonds. The van der Waals surface area contributed by atoms with Crippen molar-refractivity contribution in [2.24, 2.45) is 11.8 Å². The summed E-state index contributed by atoms with van der Waals surface area (Å²) in [7, 11) is 0. The van der Waals surface area contributed by atoms with E-state index >= 15 is 0 Å². The highest BCUT2D eigenvalue weighted by atomic mass is 19.4. The fourth-order valence-electron chi connectivity index (χ4n) is 6.28. The van der Waals surface area contributed by atoms with Crippen LogP contribution in [0.4, 0.5) is 18.9 Å². The van der Waals surface area contributed by atoms with Crippen LogP contribution < -0.4 is 4.90 Å². The number of alkyl halides is 3. The quantitative estimate of drug-likeness (QED) is 0.374. The van der Waals surface area contributed by atoms with Crippen LogP contribution in [0, 0.1) is 23.2 Å². The normalized spacial score (nSPS) is 42.5. The van der Waals surface area contributed by atoms with Crippen LogP contribution in [0.25, 0.3) is 0 Å². The van der Waals surface area contributed by atoms with Gasteiger partial charge in [0.2, 0.25) is 11.8 Å². The largest absolute Gasteiger partial charge is 0.417 e. The number of imide groups is 1. The molecule has 14 heteroatoms. The molecule has 1 aromatic rings. The van der Waals surface area contributed by atoms with E-state index in [1.807, 2.05) is 0 Å². The molecule has 0 saturated carbocycles. The molecule has 0 aliphatic carbocycles. The molecule has 2 bridgehead atoms. The van der Waals surface area contributed by atoms with Gasteiger partial charge in [-0.2, -0.15) is 18.4 Å². The molecule has 38 heavy (non-hydrogen) atoms. The summed E-state index contributed by atoms with van der Waals surface area (Å²) in [5.74, 6) is -3.77. The zero-order valence-corrected chi connectivity index (χ0v) is 20.1. The standard InChI is InChI=1S/C24H25F3N2O9/c1-22-6-13(37-21-18(33)17(32)16(31)12(8-30)36-21)23(2,38-22)15-14(22)19(34)29(20(15)35)10-4-3-9(7-28)11(5-10)24(25,26)27/h3-5,12-18,21,30-33H,6,8H2,1-2H3/t12-,13-,14+,15-,16-,17+,18-,21-,22+,23-/m1/s1. The Bertz CT molecular complexity index is 1220. The number of aliphatic hydroxyl groups excluding tert-OH is 4. The second kappa shape index (κ2) is 8.68. The Morgan fingerprint density at radius 3 is 2.39 bits per heavy atom. The number of carbonyl (C=O) groups is 2. The summed E-state index contributed by atoms with van der Waals surface area (Å²) >= 11 is 0. The average Bonchev–Trinajstić information content (AvgIpc) is 3.38. The summed E-state index contributed by atoms with van der Waals surface area (Å²) < 4.78 is 58.0. The third-order valence-electron chi connectivity index (χ3n) is 8.10. The SMILES string of the molecule is C[C@@]12O[C@@](C)(C[C@H]1O[C@H]1O[C@H](CO)[C@@H](O)[C@H](O)[C@H]1O)[C@@H]1C(=O)N(c3ccc(C#N)c(C(F)(F)F)c3)C(=O)[C@@H]12. The smallest absolute Gasteiger partial charge is 0.394 e. The molecule has 4 aliphatic rings. The minimum atomic E-state index is -4.90. The van der Waals surface area contributed by atoms with Crippen molar-refractivity contribution >= 4 is 17.5 Å². The maximum absolute atomic E-state index is 13.6. The van der Waals surface area contributed by atoms with Gasteiger partial charge in [0, 0.05) is 6.42 Å². The van der Waals surface area contributed by atoms with Crippen LogP contribution in [0.3, 0.4) is 0 Å². The Labute approximate surface area is 213 Å². The molecule has 0 spiro atoms. The lowest BCUT2D eigenvalue weighted by Gasteiger charge is -2.43. The number of amides is 2. The summed E-state index contributed by atoms with van der Waals surface area (Å²) in [6.45, 7) is 2.39. The van der Waals surface area contributed by atoms with Crippen LogP contribution in [0.1, 0.15) is 31.4 Å². The molecule has 10 atom stereocenters. The van der Waals surface area contributed by atoms with Gasteiger partial charge in [0.1, 0.15) is 30.0 Å². The molecule has 1 aromatic carbocycles. The Kier molecular flexibility index (Phi) is 6.16. The number of carbonyl (C=O) groups excluding carboxylic acids is 2. The van der Waals surface area contributed by atoms with Crippen molar-refractivity contribution in [1.29, 1.82) is 5.26 Å². The van der Waals surface area contributed by atoms with Gasteiger partial charge < -0.3 is 34.6 Å². The molecule has 206 valence electrons. The molecule has 0 unspecified atom stereocenters. The zero-order chi connectivity index (χ0) is 27.9. The first kappa shape index (κ1) is 26.9. The summed E-state index contributed by atoms with van der Waals surface area (Å²) in [6.07, 6.45) is -13.6. The first-order chi connectivity index (χ1) is 17.7. The summed E-state index contributed by atoms with van der Waals surface area (Å²) in [5, 5.41) is 49.0. The maximum atomic E-state index is 13.6. The van der Waals surface area contributed by atoms with Crippen molar-refractivity contribution in [2.75, 3.05) is 11.5 Å². The molecule has 11 nitrogen and oxygen atoms in total. The van der Waals surface area contributed by atoms with E-state index in [4.69, 9.17) is 19.5 Å². The van der Waals surface area contributed by atoms with Gasteiger partial charge in [-0.3, -0.25) is 9.59 Å². The highest BCUT2D eigenvalue weighted by Crippen LogP contribution is 2.62. The lowest BCUT2D eigenvalue weighted by atomic mass is 9.67. The van der Waals surface area contributed by atoms with Crippen molar-refractivity contribution < 1.29 is 57.4 Å². The molecule has 4 N–H and O–H groups in total. The van der Waals surface area contributed by atoms with Gasteiger partial charge in [-0.25, -0.2) is 4.90 Å². The Hall–Kier alpha value is -2.64. The molecular formula is C24H25F3N2O9. The number of hydrogen-bond donors (Lipinski definition) is 4. The van der Waals surface area contributed by atoms with Crippen molar-refractivity contribution in [3.8, 4) is 6.07 Å². The summed E-state index contributed by atoms with van der Waals surface area (Å²) in [6, 6.07) is 4.03. The predicted octanol–water partition coefficient (Wildman–Crippen LogP) is -0.181. The minimum Gasteiger partial charge on any atom is -0.394 e. The van der Waals surface area contributed by atoms with E-state index in [2.05, 4.69) is 0 Å². The van der Waals surface area contributed by atoms with Gasteiger partial charge in [0.25, 0.3) is 0 Å². The molecule has 0 radical (unpaired) electrons. The van der Waals surface area contributed by atoms with Gasteiger partial charge in [-0.15, -0.1) is 0 Å². The van der Waals surface area contributed by atoms with E-state index in [0.29, 0.717) is 11.0 Å². The Morgan fingerprint density at radius 1 is 1.13 bits per heavy atom. The summed E-state index contributed by atoms with van der Waals surface area (Å²) in [5.41, 5.74) is -5.01. The van der Waals surface area contributed by atoms with Crippen molar-refractivity contribution in [3.63, 3.8) is 0 Å². The molecule has 5 rings (SSSR count). The number of anilines is 1. The van der Waals surface area contributed by atoms with Crippen LogP contribution in [0.15, 0.2) is 18.2 Å². The number of benzene rings is 1. The number of nitriles is 1. The Morgan fingerprint density at radius 2 is 1.79 bits per heavy atom. The van der Waals surface area contributed by atoms with E-state index in [1.54, 1.807) is 6.92 Å². The number of ether oxygens (including phenoxy) is 3. The molecule has 4 heterocycles. The number of halogens is 3. The highest BCUT2D eigenvalue weighted by molar-refractivity contribution is 6.23. The van der Waals surface area contributed by atoms with Gasteiger partial charge in [0.15, 0.2) is 6.29 Å². The van der Waals surface area contributed by atoms with Crippen molar-refractivity contribution in [2.45, 2.75) is 74.5 Å². The molecule has 4 aliphatic heterocycles. The number of nitrogens with zero attached hydrogens (tertiary/aromatic N) is 2. The topological polar surface area (TPSA) is 170 Å². The van der Waals surface area contributed by atoms with E-state index in [0.717, 1.165) is 12.1 Å². The first-order valence-electron chi connectivity index (χ1n) is 11.8. The zero-order valence-electron chi connectivity index (χ0n) is 20.1. The minimum absolute atomic E-state index is 0.0354. The third kappa shape index (κ3) is 3.69. The van der Waals surface area contributed by atoms with Crippen LogP contribution in [-0.2, 0) is 30.0 Å². The second-order valence-electron chi connectivity index (χ2n) is 10.4. The highest BCUT2D eigenvalue weighted by Gasteiger charge is 2.76. The fraction of sp³-hybridized carbons (Fsp3) is 0.625. The van der Waals surface area contributed by atoms with Gasteiger partial charge in [-0.1, -0.05) is 0 Å². The number of aliphatic hydroxyl groups is 4. The van der Waals surface area contributed by atoms with E-state index in [1.165, 1.54) is 13.0 Å². The third-order valence-corrected chi connectivity index (χ3v) is 8.10. The Balaban J connectivity index is 1.45. The van der Waals surface area contributed by atoms with Gasteiger partial charge >= 0.3 is 6.18 Å². The van der Waals surface area contributed by atoms with Gasteiger partial charge in [-0.05, 0) is 32.0 Å². The number of hydrogen-bond acceptors (Lipinski definition) is 10. The number of rotatable bonds is 4. The van der Waals surface area contributed by atoms with E-state index in [-0.39, 0.29) is 12.1 Å². The molecule has 0 aromatic heterocycles. The van der Waals surface area contributed by atoms with E-state index in [9.17, 15) is 43.2 Å². The van der Waals surface area contributed by atoms with E-state index < -0.39 is 95.6 Å². The van der Waals surface area contributed by atoms with Crippen LogP contribution in [0.5, 0.6) is 0 Å². The number of fused-ring (bicyclic) bond motifs is 5. The second-order valence-corrected chi connectivity index (χ2v) is 10.4. The fourth-order valence-corrected chi connectivity index (χ4v) is 6.28. The maximum Gasteiger partial charge on any atom is 0.417 e.